The summed E-state index contributed by atoms with van der Waals surface area (Å²) < 4.78 is 5.75. The van der Waals surface area contributed by atoms with Gasteiger partial charge in [-0.25, -0.2) is 0 Å². The van der Waals surface area contributed by atoms with Crippen LogP contribution in [0.5, 0.6) is 5.75 Å². The van der Waals surface area contributed by atoms with Gasteiger partial charge in [0.05, 0.1) is 5.56 Å². The normalized spacial score (nSPS) is 23.6. The topological polar surface area (TPSA) is 78.3 Å². The van der Waals surface area contributed by atoms with E-state index in [9.17, 15) is 4.79 Å². The van der Waals surface area contributed by atoms with E-state index in [4.69, 9.17) is 27.8 Å². The van der Waals surface area contributed by atoms with Crippen molar-refractivity contribution < 1.29 is 9.53 Å². The number of rotatable bonds is 3. The summed E-state index contributed by atoms with van der Waals surface area (Å²) in [5.41, 5.74) is 11.4. The molecule has 4 nitrogen and oxygen atoms in total. The minimum atomic E-state index is -0.537. The number of carbonyl (C=O) groups is 1. The van der Waals surface area contributed by atoms with Crippen LogP contribution in [0.4, 0.5) is 0 Å². The first-order chi connectivity index (χ1) is 8.06. The molecule has 0 heterocycles. The molecular weight excluding hydrogens is 240 g/mol. The Morgan fingerprint density at radius 1 is 1.41 bits per heavy atom. The molecule has 0 spiro atoms. The smallest absolute Gasteiger partial charge is 0.252 e. The largest absolute Gasteiger partial charge is 0.490 e. The van der Waals surface area contributed by atoms with Gasteiger partial charge in [0, 0.05) is 11.1 Å². The number of amides is 1. The lowest BCUT2D eigenvalue weighted by atomic mass is 10.2. The van der Waals surface area contributed by atoms with Crippen molar-refractivity contribution in [3.63, 3.8) is 0 Å². The van der Waals surface area contributed by atoms with Crippen LogP contribution >= 0.6 is 11.6 Å². The number of ether oxygens (including phenoxy) is 1. The molecule has 1 aliphatic rings. The lowest BCUT2D eigenvalue weighted by Crippen LogP contribution is -2.20. The first-order valence-electron chi connectivity index (χ1n) is 5.58. The van der Waals surface area contributed by atoms with Crippen LogP contribution in [0.15, 0.2) is 18.2 Å². The molecule has 2 unspecified atom stereocenters. The summed E-state index contributed by atoms with van der Waals surface area (Å²) in [5.74, 6) is -0.0502. The Morgan fingerprint density at radius 2 is 2.18 bits per heavy atom. The highest BCUT2D eigenvalue weighted by molar-refractivity contribution is 6.31. The monoisotopic (exact) mass is 254 g/mol. The summed E-state index contributed by atoms with van der Waals surface area (Å²) in [5, 5.41) is 0.467. The number of nitrogens with two attached hydrogens (primary N) is 2. The fourth-order valence-electron chi connectivity index (χ4n) is 2.06. The van der Waals surface area contributed by atoms with Crippen molar-refractivity contribution in [1.29, 1.82) is 0 Å². The van der Waals surface area contributed by atoms with Crippen molar-refractivity contribution in [1.82, 2.24) is 0 Å². The molecule has 0 aliphatic heterocycles. The van der Waals surface area contributed by atoms with Crippen LogP contribution in [0.25, 0.3) is 0 Å². The standard InChI is InChI=1S/C12H15ClN2O2/c13-7-1-4-11(10(5-7)12(15)16)17-9-3-2-8(14)6-9/h1,4-5,8-9H,2-3,6,14H2,(H2,15,16). The Labute approximate surface area is 105 Å². The maximum Gasteiger partial charge on any atom is 0.252 e. The zero-order chi connectivity index (χ0) is 12.4. The Kier molecular flexibility index (Phi) is 3.54. The van der Waals surface area contributed by atoms with Gasteiger partial charge in [0.25, 0.3) is 5.91 Å². The lowest BCUT2D eigenvalue weighted by Gasteiger charge is -2.15. The molecule has 1 saturated carbocycles. The van der Waals surface area contributed by atoms with Gasteiger partial charge in [-0.05, 0) is 37.5 Å². The molecular formula is C12H15ClN2O2. The summed E-state index contributed by atoms with van der Waals surface area (Å²) in [6.07, 6.45) is 2.72. The zero-order valence-electron chi connectivity index (χ0n) is 9.36. The van der Waals surface area contributed by atoms with Gasteiger partial charge < -0.3 is 16.2 Å². The van der Waals surface area contributed by atoms with Crippen molar-refractivity contribution in [2.75, 3.05) is 0 Å². The Bertz CT molecular complexity index is 437. The number of hydrogen-bond acceptors (Lipinski definition) is 3. The molecule has 92 valence electrons. The molecule has 1 fully saturated rings. The van der Waals surface area contributed by atoms with E-state index >= 15 is 0 Å². The van der Waals surface area contributed by atoms with E-state index in [2.05, 4.69) is 0 Å². The molecule has 1 aliphatic carbocycles. The second kappa shape index (κ2) is 4.94. The van der Waals surface area contributed by atoms with Crippen LogP contribution in [-0.4, -0.2) is 18.1 Å². The van der Waals surface area contributed by atoms with Crippen LogP contribution in [0.2, 0.25) is 5.02 Å². The van der Waals surface area contributed by atoms with Gasteiger partial charge in [0.15, 0.2) is 0 Å². The van der Waals surface area contributed by atoms with Gasteiger partial charge in [-0.1, -0.05) is 11.6 Å². The Balaban J connectivity index is 2.17. The minimum absolute atomic E-state index is 0.0595. The molecule has 2 rings (SSSR count). The zero-order valence-corrected chi connectivity index (χ0v) is 10.1. The van der Waals surface area contributed by atoms with Crippen LogP contribution in [0, 0.1) is 0 Å². The van der Waals surface area contributed by atoms with Crippen molar-refractivity contribution in [3.05, 3.63) is 28.8 Å². The predicted octanol–water partition coefficient (Wildman–Crippen LogP) is 1.70. The van der Waals surface area contributed by atoms with Crippen molar-refractivity contribution in [2.45, 2.75) is 31.4 Å². The highest BCUT2D eigenvalue weighted by Gasteiger charge is 2.24. The van der Waals surface area contributed by atoms with Crippen molar-refractivity contribution in [3.8, 4) is 5.75 Å². The molecule has 17 heavy (non-hydrogen) atoms. The first kappa shape index (κ1) is 12.2. The predicted molar refractivity (Wildman–Crippen MR) is 66.2 cm³/mol. The van der Waals surface area contributed by atoms with Crippen molar-refractivity contribution in [2.24, 2.45) is 11.5 Å². The highest BCUT2D eigenvalue weighted by atomic mass is 35.5. The molecule has 1 aromatic rings. The van der Waals surface area contributed by atoms with Gasteiger partial charge >= 0.3 is 0 Å². The molecule has 0 saturated heterocycles. The van der Waals surface area contributed by atoms with Crippen LogP contribution < -0.4 is 16.2 Å². The fourth-order valence-corrected chi connectivity index (χ4v) is 2.23. The molecule has 5 heteroatoms. The maximum absolute atomic E-state index is 11.3. The quantitative estimate of drug-likeness (QED) is 0.862. The van der Waals surface area contributed by atoms with Gasteiger partial charge in [-0.3, -0.25) is 4.79 Å². The van der Waals surface area contributed by atoms with E-state index in [0.29, 0.717) is 16.3 Å². The van der Waals surface area contributed by atoms with E-state index < -0.39 is 5.91 Å². The third-order valence-electron chi connectivity index (χ3n) is 2.93. The number of hydrogen-bond donors (Lipinski definition) is 2. The van der Waals surface area contributed by atoms with Gasteiger partial charge in [0.1, 0.15) is 11.9 Å². The summed E-state index contributed by atoms with van der Waals surface area (Å²) in [6.45, 7) is 0. The molecule has 4 N–H and O–H groups in total. The molecule has 1 amide bonds. The van der Waals surface area contributed by atoms with Gasteiger partial charge in [0.2, 0.25) is 0 Å². The maximum atomic E-state index is 11.3. The third-order valence-corrected chi connectivity index (χ3v) is 3.16. The van der Waals surface area contributed by atoms with Crippen LogP contribution in [0.3, 0.4) is 0 Å². The van der Waals surface area contributed by atoms with Crippen LogP contribution in [0.1, 0.15) is 29.6 Å². The van der Waals surface area contributed by atoms with Gasteiger partial charge in [-0.15, -0.1) is 0 Å². The Morgan fingerprint density at radius 3 is 2.76 bits per heavy atom. The van der Waals surface area contributed by atoms with Crippen molar-refractivity contribution >= 4 is 17.5 Å². The average molecular weight is 255 g/mol. The molecule has 1 aromatic carbocycles. The van der Waals surface area contributed by atoms with E-state index in [0.717, 1.165) is 19.3 Å². The summed E-state index contributed by atoms with van der Waals surface area (Å²) in [7, 11) is 0. The number of primary amides is 1. The lowest BCUT2D eigenvalue weighted by molar-refractivity contribution is 0.0993. The highest BCUT2D eigenvalue weighted by Crippen LogP contribution is 2.28. The fraction of sp³-hybridized carbons (Fsp3) is 0.417. The molecule has 0 bridgehead atoms. The third kappa shape index (κ3) is 2.90. The summed E-state index contributed by atoms with van der Waals surface area (Å²) in [6, 6.07) is 5.06. The second-order valence-corrected chi connectivity index (χ2v) is 4.75. The van der Waals surface area contributed by atoms with E-state index in [1.54, 1.807) is 12.1 Å². The van der Waals surface area contributed by atoms with E-state index in [1.165, 1.54) is 6.07 Å². The molecule has 0 radical (unpaired) electrons. The molecule has 2 atom stereocenters. The number of benzene rings is 1. The Hall–Kier alpha value is -1.26. The van der Waals surface area contributed by atoms with Gasteiger partial charge in [-0.2, -0.15) is 0 Å². The average Bonchev–Trinajstić information content (AvgIpc) is 2.66. The number of halogens is 1. The summed E-state index contributed by atoms with van der Waals surface area (Å²) >= 11 is 5.82. The summed E-state index contributed by atoms with van der Waals surface area (Å²) in [4.78, 5) is 11.3. The van der Waals surface area contributed by atoms with E-state index in [-0.39, 0.29) is 12.1 Å². The molecule has 0 aromatic heterocycles. The van der Waals surface area contributed by atoms with Crippen LogP contribution in [-0.2, 0) is 0 Å². The SMILES string of the molecule is NC(=O)c1cc(Cl)ccc1OC1CCC(N)C1. The first-order valence-corrected chi connectivity index (χ1v) is 5.95. The van der Waals surface area contributed by atoms with E-state index in [1.807, 2.05) is 0 Å². The number of carbonyl (C=O) groups excluding carboxylic acids is 1. The second-order valence-electron chi connectivity index (χ2n) is 4.32. The minimum Gasteiger partial charge on any atom is -0.490 e.